The average Bonchev–Trinajstić information content (AvgIpc) is 2.56. The normalized spacial score (nSPS) is 26.2. The summed E-state index contributed by atoms with van der Waals surface area (Å²) in [6, 6.07) is 0. The summed E-state index contributed by atoms with van der Waals surface area (Å²) < 4.78 is 0. The van der Waals surface area contributed by atoms with Gasteiger partial charge in [0.25, 0.3) is 0 Å². The highest BCUT2D eigenvalue weighted by molar-refractivity contribution is 5.82. The van der Waals surface area contributed by atoms with Crippen LogP contribution in [0.25, 0.3) is 0 Å². The van der Waals surface area contributed by atoms with Crippen molar-refractivity contribution in [3.63, 3.8) is 0 Å². The van der Waals surface area contributed by atoms with E-state index in [1.807, 2.05) is 0 Å². The van der Waals surface area contributed by atoms with Gasteiger partial charge in [0.2, 0.25) is 5.91 Å². The van der Waals surface area contributed by atoms with Gasteiger partial charge in [-0.15, -0.1) is 0 Å². The van der Waals surface area contributed by atoms with E-state index in [4.69, 9.17) is 10.7 Å². The summed E-state index contributed by atoms with van der Waals surface area (Å²) in [6.45, 7) is 16.9. The average molecular weight is 352 g/mol. The molecule has 2 heterocycles. The minimum atomic E-state index is -0.153. The number of nitrogens with two attached hydrogens (primary N) is 1. The Morgan fingerprint density at radius 1 is 1.32 bits per heavy atom. The lowest BCUT2D eigenvalue weighted by Crippen LogP contribution is -2.72. The van der Waals surface area contributed by atoms with E-state index in [-0.39, 0.29) is 17.4 Å². The molecule has 144 valence electrons. The molecule has 0 aromatic rings. The van der Waals surface area contributed by atoms with Gasteiger partial charge in [-0.05, 0) is 53.1 Å². The molecule has 2 saturated heterocycles. The SMILES string of the molecule is CCNC(=NCCCN1CCCC(C(N)=O)C1)N1CC(C)(C)C1(C)C. The number of likely N-dealkylation sites (tertiary alicyclic amines) is 2. The van der Waals surface area contributed by atoms with Gasteiger partial charge in [0, 0.05) is 37.1 Å². The first-order chi connectivity index (χ1) is 11.7. The standard InChI is InChI=1S/C19H37N5O/c1-6-21-17(24-14-18(2,3)19(24,4)5)22-10-8-12-23-11-7-9-15(13-23)16(20)25/h15H,6-14H2,1-5H3,(H2,20,25)(H,21,22). The fourth-order valence-corrected chi connectivity index (χ4v) is 3.77. The molecule has 0 radical (unpaired) electrons. The number of rotatable bonds is 6. The fourth-order valence-electron chi connectivity index (χ4n) is 3.77. The van der Waals surface area contributed by atoms with Crippen molar-refractivity contribution in [1.29, 1.82) is 0 Å². The molecule has 2 aliphatic rings. The molecule has 0 bridgehead atoms. The number of carbonyl (C=O) groups is 1. The third-order valence-corrected chi connectivity index (χ3v) is 6.28. The van der Waals surface area contributed by atoms with Gasteiger partial charge in [0.1, 0.15) is 0 Å². The van der Waals surface area contributed by atoms with Crippen molar-refractivity contribution < 1.29 is 4.79 Å². The van der Waals surface area contributed by atoms with Gasteiger partial charge in [-0.3, -0.25) is 9.79 Å². The second-order valence-corrected chi connectivity index (χ2v) is 8.66. The van der Waals surface area contributed by atoms with E-state index < -0.39 is 0 Å². The Hall–Kier alpha value is -1.30. The molecule has 6 nitrogen and oxygen atoms in total. The molecule has 3 N–H and O–H groups in total. The van der Waals surface area contributed by atoms with Crippen molar-refractivity contribution in [1.82, 2.24) is 15.1 Å². The zero-order valence-electron chi connectivity index (χ0n) is 16.8. The van der Waals surface area contributed by atoms with Gasteiger partial charge in [0.15, 0.2) is 5.96 Å². The molecule has 1 atom stereocenters. The Morgan fingerprint density at radius 2 is 2.04 bits per heavy atom. The third kappa shape index (κ3) is 4.46. The van der Waals surface area contributed by atoms with Gasteiger partial charge < -0.3 is 20.9 Å². The lowest BCUT2D eigenvalue weighted by molar-refractivity contribution is -0.123. The Bertz CT molecular complexity index is 500. The lowest BCUT2D eigenvalue weighted by Gasteiger charge is -2.62. The smallest absolute Gasteiger partial charge is 0.221 e. The number of primary amides is 1. The maximum Gasteiger partial charge on any atom is 0.221 e. The lowest BCUT2D eigenvalue weighted by atomic mass is 9.65. The summed E-state index contributed by atoms with van der Waals surface area (Å²) in [5.74, 6) is 0.902. The highest BCUT2D eigenvalue weighted by Gasteiger charge is 2.53. The molecule has 1 amide bonds. The minimum Gasteiger partial charge on any atom is -0.369 e. The van der Waals surface area contributed by atoms with Crippen LogP contribution in [0.4, 0.5) is 0 Å². The maximum absolute atomic E-state index is 11.4. The van der Waals surface area contributed by atoms with E-state index in [0.717, 1.165) is 64.5 Å². The van der Waals surface area contributed by atoms with Crippen molar-refractivity contribution in [2.45, 2.75) is 59.4 Å². The molecular weight excluding hydrogens is 314 g/mol. The molecule has 2 fully saturated rings. The Morgan fingerprint density at radius 3 is 2.60 bits per heavy atom. The number of piperidine rings is 1. The van der Waals surface area contributed by atoms with Crippen LogP contribution in [0.3, 0.4) is 0 Å². The summed E-state index contributed by atoms with van der Waals surface area (Å²) in [4.78, 5) is 21.0. The highest BCUT2D eigenvalue weighted by atomic mass is 16.1. The van der Waals surface area contributed by atoms with Gasteiger partial charge in [0.05, 0.1) is 5.92 Å². The molecule has 2 aliphatic heterocycles. The van der Waals surface area contributed by atoms with Crippen LogP contribution in [0.2, 0.25) is 0 Å². The summed E-state index contributed by atoms with van der Waals surface area (Å²) >= 11 is 0. The number of hydrogen-bond acceptors (Lipinski definition) is 3. The number of aliphatic imine (C=N–C) groups is 1. The Kier molecular flexibility index (Phi) is 6.35. The number of hydrogen-bond donors (Lipinski definition) is 2. The number of guanidine groups is 1. The number of carbonyl (C=O) groups excluding carboxylic acids is 1. The maximum atomic E-state index is 11.4. The van der Waals surface area contributed by atoms with Gasteiger partial charge in [-0.25, -0.2) is 0 Å². The first-order valence-corrected chi connectivity index (χ1v) is 9.76. The van der Waals surface area contributed by atoms with E-state index in [9.17, 15) is 4.79 Å². The molecule has 6 heteroatoms. The predicted octanol–water partition coefficient (Wildman–Crippen LogP) is 1.66. The van der Waals surface area contributed by atoms with Crippen LogP contribution in [0, 0.1) is 11.3 Å². The molecule has 0 aromatic carbocycles. The predicted molar refractivity (Wildman–Crippen MR) is 104 cm³/mol. The van der Waals surface area contributed by atoms with E-state index in [2.05, 4.69) is 49.7 Å². The summed E-state index contributed by atoms with van der Waals surface area (Å²) in [6.07, 6.45) is 3.02. The summed E-state index contributed by atoms with van der Waals surface area (Å²) in [5.41, 5.74) is 5.89. The van der Waals surface area contributed by atoms with Crippen molar-refractivity contribution in [3.05, 3.63) is 0 Å². The van der Waals surface area contributed by atoms with Crippen molar-refractivity contribution in [3.8, 4) is 0 Å². The van der Waals surface area contributed by atoms with Gasteiger partial charge in [-0.1, -0.05) is 13.8 Å². The quantitative estimate of drug-likeness (QED) is 0.434. The number of amides is 1. The van der Waals surface area contributed by atoms with Crippen LogP contribution < -0.4 is 11.1 Å². The molecule has 0 aromatic heterocycles. The van der Waals surface area contributed by atoms with Crippen molar-refractivity contribution in [2.24, 2.45) is 22.1 Å². The molecule has 1 unspecified atom stereocenters. The molecule has 0 spiro atoms. The first kappa shape index (κ1) is 20.0. The zero-order valence-corrected chi connectivity index (χ0v) is 16.8. The third-order valence-electron chi connectivity index (χ3n) is 6.28. The van der Waals surface area contributed by atoms with Crippen LogP contribution in [-0.2, 0) is 4.79 Å². The Balaban J connectivity index is 1.83. The van der Waals surface area contributed by atoms with E-state index in [1.165, 1.54) is 0 Å². The molecule has 0 saturated carbocycles. The molecule has 2 rings (SSSR count). The van der Waals surface area contributed by atoms with E-state index >= 15 is 0 Å². The highest BCUT2D eigenvalue weighted by Crippen LogP contribution is 2.46. The van der Waals surface area contributed by atoms with E-state index in [1.54, 1.807) is 0 Å². The van der Waals surface area contributed by atoms with E-state index in [0.29, 0.717) is 5.41 Å². The molecule has 25 heavy (non-hydrogen) atoms. The molecule has 0 aliphatic carbocycles. The minimum absolute atomic E-state index is 0.0266. The summed E-state index contributed by atoms with van der Waals surface area (Å²) in [7, 11) is 0. The second-order valence-electron chi connectivity index (χ2n) is 8.66. The van der Waals surface area contributed by atoms with Crippen LogP contribution in [0.15, 0.2) is 4.99 Å². The second kappa shape index (κ2) is 7.94. The topological polar surface area (TPSA) is 74.0 Å². The Labute approximate surface area is 153 Å². The molecular formula is C19H37N5O. The van der Waals surface area contributed by atoms with Crippen LogP contribution in [-0.4, -0.2) is 66.5 Å². The van der Waals surface area contributed by atoms with Crippen molar-refractivity contribution >= 4 is 11.9 Å². The van der Waals surface area contributed by atoms with Gasteiger partial charge in [-0.2, -0.15) is 0 Å². The first-order valence-electron chi connectivity index (χ1n) is 9.76. The van der Waals surface area contributed by atoms with Crippen LogP contribution in [0.5, 0.6) is 0 Å². The largest absolute Gasteiger partial charge is 0.369 e. The monoisotopic (exact) mass is 351 g/mol. The van der Waals surface area contributed by atoms with Gasteiger partial charge >= 0.3 is 0 Å². The zero-order chi connectivity index (χ0) is 18.7. The van der Waals surface area contributed by atoms with Crippen LogP contribution in [0.1, 0.15) is 53.9 Å². The van der Waals surface area contributed by atoms with Crippen molar-refractivity contribution in [2.75, 3.05) is 39.3 Å². The summed E-state index contributed by atoms with van der Waals surface area (Å²) in [5, 5.41) is 3.44. The fraction of sp³-hybridized carbons (Fsp3) is 0.895. The number of nitrogens with one attached hydrogen (secondary N) is 1. The number of nitrogens with zero attached hydrogens (tertiary/aromatic N) is 3. The van der Waals surface area contributed by atoms with Crippen LogP contribution >= 0.6 is 0 Å².